The Labute approximate surface area is 179 Å². The lowest BCUT2D eigenvalue weighted by Gasteiger charge is -2.43. The zero-order valence-corrected chi connectivity index (χ0v) is 17.3. The molecule has 2 atom stereocenters. The van der Waals surface area contributed by atoms with Gasteiger partial charge in [0.2, 0.25) is 0 Å². The van der Waals surface area contributed by atoms with Gasteiger partial charge in [0, 0.05) is 28.1 Å². The molecule has 2 unspecified atom stereocenters. The minimum absolute atomic E-state index is 0.0383. The van der Waals surface area contributed by atoms with Gasteiger partial charge < -0.3 is 15.3 Å². The number of carboxylic acids is 1. The number of aromatic hydroxyl groups is 2. The Bertz CT molecular complexity index is 1100. The van der Waals surface area contributed by atoms with Gasteiger partial charge >= 0.3 is 5.97 Å². The Morgan fingerprint density at radius 3 is 2.33 bits per heavy atom. The van der Waals surface area contributed by atoms with Gasteiger partial charge in [0.15, 0.2) is 0 Å². The summed E-state index contributed by atoms with van der Waals surface area (Å²) in [5.74, 6) is 0.373. The molecule has 3 N–H and O–H groups in total. The van der Waals surface area contributed by atoms with Gasteiger partial charge in [-0.1, -0.05) is 49.4 Å². The van der Waals surface area contributed by atoms with Gasteiger partial charge in [-0.25, -0.2) is 4.79 Å². The molecule has 1 aliphatic heterocycles. The smallest absolute Gasteiger partial charge is 0.328 e. The van der Waals surface area contributed by atoms with E-state index in [0.29, 0.717) is 0 Å². The molecule has 1 heterocycles. The minimum Gasteiger partial charge on any atom is -0.508 e. The van der Waals surface area contributed by atoms with Crippen LogP contribution >= 0.6 is 11.8 Å². The third-order valence-electron chi connectivity index (χ3n) is 5.69. The molecule has 0 amide bonds. The van der Waals surface area contributed by atoms with Crippen LogP contribution in [0.3, 0.4) is 0 Å². The van der Waals surface area contributed by atoms with Crippen molar-refractivity contribution >= 4 is 23.8 Å². The summed E-state index contributed by atoms with van der Waals surface area (Å²) in [6, 6.07) is 20.8. The Hall–Kier alpha value is -3.18. The standard InChI is InChI=1S/C25H22O4S/c1-25(18-7-9-19(26)10-8-18)15-30-22-14-20(27)11-12-21(22)24(25)17-5-2-16(3-6-17)4-13-23(28)29/h2-14,24,26-27H,15H2,1H3,(H,28,29). The summed E-state index contributed by atoms with van der Waals surface area (Å²) in [5, 5.41) is 28.6. The Balaban J connectivity index is 1.83. The second-order valence-electron chi connectivity index (χ2n) is 7.75. The molecule has 0 spiro atoms. The average Bonchev–Trinajstić information content (AvgIpc) is 2.73. The predicted molar refractivity (Wildman–Crippen MR) is 119 cm³/mol. The fraction of sp³-hybridized carbons (Fsp3) is 0.160. The maximum absolute atomic E-state index is 10.8. The summed E-state index contributed by atoms with van der Waals surface area (Å²) in [6.07, 6.45) is 2.71. The minimum atomic E-state index is -0.975. The Morgan fingerprint density at radius 2 is 1.67 bits per heavy atom. The molecular weight excluding hydrogens is 396 g/mol. The molecule has 152 valence electrons. The first-order valence-electron chi connectivity index (χ1n) is 9.63. The highest BCUT2D eigenvalue weighted by Crippen LogP contribution is 2.53. The van der Waals surface area contributed by atoms with Gasteiger partial charge in [-0.15, -0.1) is 11.8 Å². The van der Waals surface area contributed by atoms with Crippen molar-refractivity contribution in [3.8, 4) is 11.5 Å². The van der Waals surface area contributed by atoms with E-state index in [4.69, 9.17) is 5.11 Å². The predicted octanol–water partition coefficient (Wildman–Crippen LogP) is 5.39. The summed E-state index contributed by atoms with van der Waals surface area (Å²) >= 11 is 1.72. The quantitative estimate of drug-likeness (QED) is 0.495. The molecule has 0 saturated carbocycles. The summed E-state index contributed by atoms with van der Waals surface area (Å²) in [4.78, 5) is 11.9. The van der Waals surface area contributed by atoms with E-state index in [2.05, 4.69) is 6.92 Å². The highest BCUT2D eigenvalue weighted by molar-refractivity contribution is 7.99. The van der Waals surface area contributed by atoms with Crippen LogP contribution in [-0.2, 0) is 10.2 Å². The number of thioether (sulfide) groups is 1. The van der Waals surface area contributed by atoms with E-state index in [1.165, 1.54) is 0 Å². The van der Waals surface area contributed by atoms with E-state index < -0.39 is 5.97 Å². The number of benzene rings is 3. The first-order chi connectivity index (χ1) is 14.4. The fourth-order valence-electron chi connectivity index (χ4n) is 4.15. The molecule has 0 fully saturated rings. The number of rotatable bonds is 4. The van der Waals surface area contributed by atoms with Gasteiger partial charge in [0.05, 0.1) is 0 Å². The monoisotopic (exact) mass is 418 g/mol. The molecule has 0 saturated heterocycles. The van der Waals surface area contributed by atoms with Crippen LogP contribution in [0.2, 0.25) is 0 Å². The van der Waals surface area contributed by atoms with Crippen molar-refractivity contribution in [2.24, 2.45) is 0 Å². The lowest BCUT2D eigenvalue weighted by atomic mass is 9.67. The summed E-state index contributed by atoms with van der Waals surface area (Å²) in [5.41, 5.74) is 3.98. The van der Waals surface area contributed by atoms with E-state index in [1.54, 1.807) is 36.0 Å². The molecular formula is C25H22O4S. The van der Waals surface area contributed by atoms with Crippen LogP contribution in [0, 0.1) is 0 Å². The van der Waals surface area contributed by atoms with Crippen LogP contribution in [0.4, 0.5) is 0 Å². The molecule has 3 aromatic rings. The van der Waals surface area contributed by atoms with Crippen LogP contribution < -0.4 is 0 Å². The molecule has 0 aliphatic carbocycles. The molecule has 0 aromatic heterocycles. The molecule has 0 bridgehead atoms. The highest BCUT2D eigenvalue weighted by atomic mass is 32.2. The van der Waals surface area contributed by atoms with Crippen LogP contribution in [0.5, 0.6) is 11.5 Å². The second-order valence-corrected chi connectivity index (χ2v) is 8.76. The third kappa shape index (κ3) is 3.81. The van der Waals surface area contributed by atoms with Crippen molar-refractivity contribution in [2.75, 3.05) is 5.75 Å². The lowest BCUT2D eigenvalue weighted by molar-refractivity contribution is -0.131. The zero-order chi connectivity index (χ0) is 21.3. The SMILES string of the molecule is CC1(c2ccc(O)cc2)CSc2cc(O)ccc2C1c1ccc(C=CC(=O)O)cc1. The Morgan fingerprint density at radius 1 is 1.00 bits per heavy atom. The van der Waals surface area contributed by atoms with Crippen LogP contribution in [0.25, 0.3) is 6.08 Å². The van der Waals surface area contributed by atoms with Crippen molar-refractivity contribution in [3.63, 3.8) is 0 Å². The van der Waals surface area contributed by atoms with Crippen molar-refractivity contribution in [3.05, 3.63) is 95.1 Å². The van der Waals surface area contributed by atoms with E-state index in [0.717, 1.165) is 39.0 Å². The molecule has 0 radical (unpaired) electrons. The molecule has 3 aromatic carbocycles. The van der Waals surface area contributed by atoms with Gasteiger partial charge in [-0.05, 0) is 52.6 Å². The number of phenolic OH excluding ortho intramolecular Hbond substituents is 2. The van der Waals surface area contributed by atoms with E-state index in [9.17, 15) is 15.0 Å². The third-order valence-corrected chi connectivity index (χ3v) is 7.10. The number of carboxylic acid groups (broad SMARTS) is 1. The average molecular weight is 419 g/mol. The van der Waals surface area contributed by atoms with Gasteiger partial charge in [0.25, 0.3) is 0 Å². The van der Waals surface area contributed by atoms with Gasteiger partial charge in [-0.3, -0.25) is 0 Å². The van der Waals surface area contributed by atoms with Crippen molar-refractivity contribution in [1.29, 1.82) is 0 Å². The maximum Gasteiger partial charge on any atom is 0.328 e. The number of fused-ring (bicyclic) bond motifs is 1. The summed E-state index contributed by atoms with van der Waals surface area (Å²) in [7, 11) is 0. The first kappa shape index (κ1) is 20.1. The fourth-order valence-corrected chi connectivity index (χ4v) is 5.49. The maximum atomic E-state index is 10.8. The topological polar surface area (TPSA) is 77.8 Å². The van der Waals surface area contributed by atoms with Crippen molar-refractivity contribution in [1.82, 2.24) is 0 Å². The normalized spacial score (nSPS) is 20.8. The second kappa shape index (κ2) is 7.92. The van der Waals surface area contributed by atoms with Gasteiger partial charge in [-0.2, -0.15) is 0 Å². The van der Waals surface area contributed by atoms with Crippen molar-refractivity contribution in [2.45, 2.75) is 23.2 Å². The van der Waals surface area contributed by atoms with Crippen LogP contribution in [-0.4, -0.2) is 27.0 Å². The highest BCUT2D eigenvalue weighted by Gasteiger charge is 2.42. The molecule has 4 nitrogen and oxygen atoms in total. The molecule has 1 aliphatic rings. The number of carbonyl (C=O) groups is 1. The van der Waals surface area contributed by atoms with Crippen molar-refractivity contribution < 1.29 is 20.1 Å². The number of phenols is 2. The van der Waals surface area contributed by atoms with E-state index in [1.807, 2.05) is 48.5 Å². The summed E-state index contributed by atoms with van der Waals surface area (Å²) < 4.78 is 0. The number of hydrogen-bond acceptors (Lipinski definition) is 4. The van der Waals surface area contributed by atoms with Gasteiger partial charge in [0.1, 0.15) is 11.5 Å². The Kier molecular flexibility index (Phi) is 5.31. The van der Waals surface area contributed by atoms with Crippen LogP contribution in [0.15, 0.2) is 77.7 Å². The molecule has 30 heavy (non-hydrogen) atoms. The molecule has 4 rings (SSSR count). The zero-order valence-electron chi connectivity index (χ0n) is 16.4. The molecule has 5 heteroatoms. The first-order valence-corrected chi connectivity index (χ1v) is 10.6. The lowest BCUT2D eigenvalue weighted by Crippen LogP contribution is -2.36. The van der Waals surface area contributed by atoms with Crippen LogP contribution in [0.1, 0.15) is 35.1 Å². The van der Waals surface area contributed by atoms with E-state index in [-0.39, 0.29) is 22.8 Å². The number of hydrogen-bond donors (Lipinski definition) is 3. The summed E-state index contributed by atoms with van der Waals surface area (Å²) in [6.45, 7) is 2.23. The largest absolute Gasteiger partial charge is 0.508 e. The van der Waals surface area contributed by atoms with E-state index >= 15 is 0 Å². The number of aliphatic carboxylic acids is 1.